The molecular weight excluding hydrogens is 326 g/mol. The molecule has 3 rings (SSSR count). The fraction of sp³-hybridized carbons (Fsp3) is 0.286. The van der Waals surface area contributed by atoms with Gasteiger partial charge in [-0.15, -0.1) is 11.3 Å². The topological polar surface area (TPSA) is 44.5 Å². The minimum Gasteiger partial charge on any atom is -0.486 e. The third-order valence-corrected chi connectivity index (χ3v) is 4.83. The molecule has 0 radical (unpaired) electrons. The van der Waals surface area contributed by atoms with E-state index in [2.05, 4.69) is 35.0 Å². The van der Waals surface area contributed by atoms with Gasteiger partial charge < -0.3 is 15.2 Å². The standard InChI is InChI=1S/C14H14BrNO2S/c1-8-2-3-13(19-8)14(16)9-6-11-12(7-10(9)15)18-5-4-17-11/h2-3,6-7,14H,4-5,16H2,1H3. The summed E-state index contributed by atoms with van der Waals surface area (Å²) >= 11 is 5.29. The summed E-state index contributed by atoms with van der Waals surface area (Å²) in [6.45, 7) is 3.26. The highest BCUT2D eigenvalue weighted by Gasteiger charge is 2.20. The molecule has 1 aliphatic heterocycles. The van der Waals surface area contributed by atoms with Crippen LogP contribution in [0.3, 0.4) is 0 Å². The number of aryl methyl sites for hydroxylation is 1. The number of benzene rings is 1. The molecule has 2 N–H and O–H groups in total. The zero-order valence-corrected chi connectivity index (χ0v) is 12.9. The van der Waals surface area contributed by atoms with Gasteiger partial charge in [-0.1, -0.05) is 15.9 Å². The summed E-state index contributed by atoms with van der Waals surface area (Å²) in [5.41, 5.74) is 7.37. The number of halogens is 1. The number of thiophene rings is 1. The van der Waals surface area contributed by atoms with E-state index in [-0.39, 0.29) is 6.04 Å². The van der Waals surface area contributed by atoms with Crippen LogP contribution in [-0.4, -0.2) is 13.2 Å². The Balaban J connectivity index is 2.00. The zero-order chi connectivity index (χ0) is 13.4. The summed E-state index contributed by atoms with van der Waals surface area (Å²) in [4.78, 5) is 2.41. The first-order valence-electron chi connectivity index (χ1n) is 6.06. The molecule has 0 saturated heterocycles. The lowest BCUT2D eigenvalue weighted by atomic mass is 10.1. The Labute approximate surface area is 124 Å². The van der Waals surface area contributed by atoms with Crippen LogP contribution in [0, 0.1) is 6.92 Å². The molecule has 0 amide bonds. The number of hydrogen-bond acceptors (Lipinski definition) is 4. The molecule has 0 spiro atoms. The smallest absolute Gasteiger partial charge is 0.162 e. The van der Waals surface area contributed by atoms with Crippen LogP contribution in [0.15, 0.2) is 28.7 Å². The maximum atomic E-state index is 6.35. The van der Waals surface area contributed by atoms with Crippen molar-refractivity contribution in [2.24, 2.45) is 5.73 Å². The van der Waals surface area contributed by atoms with Crippen LogP contribution in [0.1, 0.15) is 21.4 Å². The number of rotatable bonds is 2. The molecule has 1 aliphatic rings. The van der Waals surface area contributed by atoms with Crippen molar-refractivity contribution in [2.75, 3.05) is 13.2 Å². The molecule has 1 unspecified atom stereocenters. The molecule has 0 bridgehead atoms. The Hall–Kier alpha value is -1.04. The summed E-state index contributed by atoms with van der Waals surface area (Å²) in [5.74, 6) is 1.55. The van der Waals surface area contributed by atoms with Gasteiger partial charge in [0.25, 0.3) is 0 Å². The molecule has 0 aliphatic carbocycles. The second kappa shape index (κ2) is 5.15. The maximum absolute atomic E-state index is 6.35. The Morgan fingerprint density at radius 3 is 2.53 bits per heavy atom. The molecule has 2 heterocycles. The summed E-state index contributed by atoms with van der Waals surface area (Å²) in [7, 11) is 0. The molecule has 5 heteroatoms. The van der Waals surface area contributed by atoms with Crippen LogP contribution in [0.4, 0.5) is 0 Å². The van der Waals surface area contributed by atoms with Gasteiger partial charge in [0.1, 0.15) is 13.2 Å². The molecule has 2 aromatic rings. The van der Waals surface area contributed by atoms with Gasteiger partial charge >= 0.3 is 0 Å². The lowest BCUT2D eigenvalue weighted by molar-refractivity contribution is 0.171. The molecular formula is C14H14BrNO2S. The molecule has 0 fully saturated rings. The van der Waals surface area contributed by atoms with E-state index in [4.69, 9.17) is 15.2 Å². The summed E-state index contributed by atoms with van der Waals surface area (Å²) in [5, 5.41) is 0. The SMILES string of the molecule is Cc1ccc(C(N)c2cc3c(cc2Br)OCCO3)s1. The molecule has 100 valence electrons. The van der Waals surface area contributed by atoms with Gasteiger partial charge in [-0.2, -0.15) is 0 Å². The minimum absolute atomic E-state index is 0.149. The predicted octanol–water partition coefficient (Wildman–Crippen LogP) is 3.64. The average molecular weight is 340 g/mol. The second-order valence-corrected chi connectivity index (χ2v) is 6.62. The van der Waals surface area contributed by atoms with E-state index in [1.807, 2.05) is 12.1 Å². The van der Waals surface area contributed by atoms with Gasteiger partial charge in [0.05, 0.1) is 6.04 Å². The summed E-state index contributed by atoms with van der Waals surface area (Å²) < 4.78 is 12.1. The molecule has 1 aromatic carbocycles. The van der Waals surface area contributed by atoms with Crippen LogP contribution in [-0.2, 0) is 0 Å². The number of nitrogens with two attached hydrogens (primary N) is 1. The molecule has 1 aromatic heterocycles. The van der Waals surface area contributed by atoms with E-state index < -0.39 is 0 Å². The molecule has 1 atom stereocenters. The van der Waals surface area contributed by atoms with Gasteiger partial charge in [0, 0.05) is 14.2 Å². The van der Waals surface area contributed by atoms with E-state index in [0.717, 1.165) is 26.4 Å². The van der Waals surface area contributed by atoms with Crippen molar-refractivity contribution in [2.45, 2.75) is 13.0 Å². The Morgan fingerprint density at radius 1 is 1.21 bits per heavy atom. The Morgan fingerprint density at radius 2 is 1.89 bits per heavy atom. The highest BCUT2D eigenvalue weighted by atomic mass is 79.9. The zero-order valence-electron chi connectivity index (χ0n) is 10.5. The van der Waals surface area contributed by atoms with Crippen LogP contribution < -0.4 is 15.2 Å². The van der Waals surface area contributed by atoms with Gasteiger partial charge in [0.15, 0.2) is 11.5 Å². The lowest BCUT2D eigenvalue weighted by Gasteiger charge is -2.21. The summed E-state index contributed by atoms with van der Waals surface area (Å²) in [6, 6.07) is 7.92. The molecule has 3 nitrogen and oxygen atoms in total. The quantitative estimate of drug-likeness (QED) is 0.908. The first-order chi connectivity index (χ1) is 9.15. The van der Waals surface area contributed by atoms with Gasteiger partial charge in [-0.05, 0) is 36.8 Å². The van der Waals surface area contributed by atoms with Crippen molar-refractivity contribution in [1.82, 2.24) is 0 Å². The maximum Gasteiger partial charge on any atom is 0.162 e. The molecule has 19 heavy (non-hydrogen) atoms. The average Bonchev–Trinajstić information content (AvgIpc) is 2.84. The Bertz CT molecular complexity index is 611. The first-order valence-corrected chi connectivity index (χ1v) is 7.67. The van der Waals surface area contributed by atoms with Gasteiger partial charge in [0.2, 0.25) is 0 Å². The number of hydrogen-bond donors (Lipinski definition) is 1. The third kappa shape index (κ3) is 2.50. The monoisotopic (exact) mass is 339 g/mol. The van der Waals surface area contributed by atoms with Crippen LogP contribution in [0.5, 0.6) is 11.5 Å². The van der Waals surface area contributed by atoms with Crippen molar-refractivity contribution >= 4 is 27.3 Å². The van der Waals surface area contributed by atoms with Crippen molar-refractivity contribution in [3.05, 3.63) is 44.1 Å². The lowest BCUT2D eigenvalue weighted by Crippen LogP contribution is -2.17. The van der Waals surface area contributed by atoms with Crippen LogP contribution in [0.25, 0.3) is 0 Å². The highest BCUT2D eigenvalue weighted by Crippen LogP contribution is 2.39. The normalized spacial score (nSPS) is 15.3. The molecule has 0 saturated carbocycles. The van der Waals surface area contributed by atoms with Crippen LogP contribution in [0.2, 0.25) is 0 Å². The highest BCUT2D eigenvalue weighted by molar-refractivity contribution is 9.10. The van der Waals surface area contributed by atoms with Gasteiger partial charge in [-0.3, -0.25) is 0 Å². The first kappa shape index (κ1) is 13.0. The van der Waals surface area contributed by atoms with Crippen molar-refractivity contribution in [3.63, 3.8) is 0 Å². The number of ether oxygens (including phenoxy) is 2. The van der Waals surface area contributed by atoms with E-state index >= 15 is 0 Å². The van der Waals surface area contributed by atoms with Crippen molar-refractivity contribution < 1.29 is 9.47 Å². The minimum atomic E-state index is -0.149. The Kier molecular flexibility index (Phi) is 3.52. The van der Waals surface area contributed by atoms with Gasteiger partial charge in [-0.25, -0.2) is 0 Å². The summed E-state index contributed by atoms with van der Waals surface area (Å²) in [6.07, 6.45) is 0. The largest absolute Gasteiger partial charge is 0.486 e. The number of fused-ring (bicyclic) bond motifs is 1. The second-order valence-electron chi connectivity index (χ2n) is 4.44. The third-order valence-electron chi connectivity index (χ3n) is 3.06. The van der Waals surface area contributed by atoms with Crippen molar-refractivity contribution in [1.29, 1.82) is 0 Å². The van der Waals surface area contributed by atoms with E-state index in [1.165, 1.54) is 4.88 Å². The predicted molar refractivity (Wildman–Crippen MR) is 80.2 cm³/mol. The van der Waals surface area contributed by atoms with E-state index in [9.17, 15) is 0 Å². The van der Waals surface area contributed by atoms with E-state index in [1.54, 1.807) is 11.3 Å². The fourth-order valence-corrected chi connectivity index (χ4v) is 3.56. The van der Waals surface area contributed by atoms with E-state index in [0.29, 0.717) is 13.2 Å². The van der Waals surface area contributed by atoms with Crippen molar-refractivity contribution in [3.8, 4) is 11.5 Å². The van der Waals surface area contributed by atoms with Crippen LogP contribution >= 0.6 is 27.3 Å². The fourth-order valence-electron chi connectivity index (χ4n) is 2.09.